The van der Waals surface area contributed by atoms with Crippen LogP contribution in [-0.4, -0.2) is 5.78 Å². The van der Waals surface area contributed by atoms with Crippen molar-refractivity contribution in [2.24, 2.45) is 11.3 Å². The van der Waals surface area contributed by atoms with Crippen LogP contribution in [0.2, 0.25) is 0 Å². The van der Waals surface area contributed by atoms with Gasteiger partial charge in [-0.25, -0.2) is 0 Å². The second-order valence-electron chi connectivity index (χ2n) is 4.99. The summed E-state index contributed by atoms with van der Waals surface area (Å²) in [6, 6.07) is 0. The van der Waals surface area contributed by atoms with Crippen molar-refractivity contribution in [1.29, 1.82) is 0 Å². The Balaban J connectivity index is 2.67. The van der Waals surface area contributed by atoms with Crippen LogP contribution in [0.25, 0.3) is 0 Å². The van der Waals surface area contributed by atoms with Gasteiger partial charge in [0.15, 0.2) is 5.78 Å². The van der Waals surface area contributed by atoms with Gasteiger partial charge < -0.3 is 0 Å². The third-order valence-electron chi connectivity index (χ3n) is 3.07. The first-order chi connectivity index (χ1) is 6.44. The molecule has 1 atom stereocenters. The van der Waals surface area contributed by atoms with E-state index in [2.05, 4.69) is 33.4 Å². The van der Waals surface area contributed by atoms with Crippen LogP contribution in [0, 0.1) is 11.3 Å². The molecule has 78 valence electrons. The van der Waals surface area contributed by atoms with Crippen molar-refractivity contribution in [2.75, 3.05) is 0 Å². The van der Waals surface area contributed by atoms with Gasteiger partial charge in [0.05, 0.1) is 0 Å². The SMILES string of the molecule is C=CC(=O)CC1CCC(C)(C)C=C1C. The van der Waals surface area contributed by atoms with E-state index < -0.39 is 0 Å². The molecule has 0 amide bonds. The van der Waals surface area contributed by atoms with Gasteiger partial charge in [0.1, 0.15) is 0 Å². The van der Waals surface area contributed by atoms with E-state index in [9.17, 15) is 4.79 Å². The van der Waals surface area contributed by atoms with Crippen LogP contribution in [0.1, 0.15) is 40.0 Å². The van der Waals surface area contributed by atoms with Gasteiger partial charge in [0.25, 0.3) is 0 Å². The molecule has 0 saturated heterocycles. The maximum atomic E-state index is 11.2. The van der Waals surface area contributed by atoms with Crippen LogP contribution in [-0.2, 0) is 4.79 Å². The van der Waals surface area contributed by atoms with Crippen LogP contribution in [0.5, 0.6) is 0 Å². The minimum Gasteiger partial charge on any atom is -0.295 e. The Bertz CT molecular complexity index is 271. The Morgan fingerprint density at radius 3 is 2.86 bits per heavy atom. The number of rotatable bonds is 3. The molecule has 1 nitrogen and oxygen atoms in total. The van der Waals surface area contributed by atoms with E-state index in [1.54, 1.807) is 0 Å². The predicted molar refractivity (Wildman–Crippen MR) is 60.1 cm³/mol. The highest BCUT2D eigenvalue weighted by Crippen LogP contribution is 2.37. The average molecular weight is 192 g/mol. The van der Waals surface area contributed by atoms with Crippen LogP contribution >= 0.6 is 0 Å². The zero-order valence-electron chi connectivity index (χ0n) is 9.47. The van der Waals surface area contributed by atoms with Crippen molar-refractivity contribution in [3.8, 4) is 0 Å². The first kappa shape index (κ1) is 11.2. The molecule has 0 saturated carbocycles. The van der Waals surface area contributed by atoms with Crippen molar-refractivity contribution in [3.63, 3.8) is 0 Å². The van der Waals surface area contributed by atoms with Crippen molar-refractivity contribution < 1.29 is 4.79 Å². The highest BCUT2D eigenvalue weighted by molar-refractivity contribution is 5.89. The van der Waals surface area contributed by atoms with Crippen molar-refractivity contribution in [3.05, 3.63) is 24.3 Å². The number of allylic oxidation sites excluding steroid dienone is 3. The quantitative estimate of drug-likeness (QED) is 0.494. The average Bonchev–Trinajstić information content (AvgIpc) is 2.09. The zero-order valence-corrected chi connectivity index (χ0v) is 9.47. The standard InChI is InChI=1S/C13H20O/c1-5-12(14)8-11-6-7-13(3,4)9-10(11)2/h5,9,11H,1,6-8H2,2-4H3. The van der Waals surface area contributed by atoms with Crippen molar-refractivity contribution in [1.82, 2.24) is 0 Å². The Kier molecular flexibility index (Phi) is 3.30. The van der Waals surface area contributed by atoms with E-state index in [0.29, 0.717) is 17.8 Å². The smallest absolute Gasteiger partial charge is 0.155 e. The molecule has 0 aromatic heterocycles. The molecule has 1 aliphatic rings. The molecule has 0 fully saturated rings. The fourth-order valence-corrected chi connectivity index (χ4v) is 2.17. The van der Waals surface area contributed by atoms with Gasteiger partial charge in [-0.05, 0) is 37.2 Å². The van der Waals surface area contributed by atoms with Crippen LogP contribution in [0.4, 0.5) is 0 Å². The topological polar surface area (TPSA) is 17.1 Å². The van der Waals surface area contributed by atoms with Crippen LogP contribution < -0.4 is 0 Å². The number of hydrogen-bond acceptors (Lipinski definition) is 1. The molecule has 0 aromatic rings. The van der Waals surface area contributed by atoms with Crippen LogP contribution in [0.3, 0.4) is 0 Å². The highest BCUT2D eigenvalue weighted by Gasteiger charge is 2.26. The summed E-state index contributed by atoms with van der Waals surface area (Å²) in [5.74, 6) is 0.621. The first-order valence-electron chi connectivity index (χ1n) is 5.29. The maximum Gasteiger partial charge on any atom is 0.155 e. The van der Waals surface area contributed by atoms with Gasteiger partial charge in [0, 0.05) is 6.42 Å². The van der Waals surface area contributed by atoms with Gasteiger partial charge >= 0.3 is 0 Å². The Hall–Kier alpha value is -0.850. The fraction of sp³-hybridized carbons (Fsp3) is 0.615. The summed E-state index contributed by atoms with van der Waals surface area (Å²) in [4.78, 5) is 11.2. The normalized spacial score (nSPS) is 25.4. The molecule has 1 aliphatic carbocycles. The lowest BCUT2D eigenvalue weighted by molar-refractivity contribution is -0.115. The Labute approximate surface area is 86.9 Å². The lowest BCUT2D eigenvalue weighted by Gasteiger charge is -2.31. The summed E-state index contributed by atoms with van der Waals surface area (Å²) in [7, 11) is 0. The monoisotopic (exact) mass is 192 g/mol. The number of carbonyl (C=O) groups excluding carboxylic acids is 1. The lowest BCUT2D eigenvalue weighted by Crippen LogP contribution is -2.20. The molecular formula is C13H20O. The number of ketones is 1. The summed E-state index contributed by atoms with van der Waals surface area (Å²) in [6.07, 6.45) is 6.71. The van der Waals surface area contributed by atoms with E-state index in [0.717, 1.165) is 6.42 Å². The van der Waals surface area contributed by atoms with Crippen molar-refractivity contribution in [2.45, 2.75) is 40.0 Å². The first-order valence-corrected chi connectivity index (χ1v) is 5.29. The summed E-state index contributed by atoms with van der Waals surface area (Å²) in [5, 5.41) is 0. The molecule has 0 bridgehead atoms. The van der Waals surface area contributed by atoms with E-state index in [4.69, 9.17) is 0 Å². The largest absolute Gasteiger partial charge is 0.295 e. The minimum atomic E-state index is 0.169. The highest BCUT2D eigenvalue weighted by atomic mass is 16.1. The van der Waals surface area contributed by atoms with E-state index >= 15 is 0 Å². The predicted octanol–water partition coefficient (Wildman–Crippen LogP) is 3.51. The molecule has 14 heavy (non-hydrogen) atoms. The molecule has 0 N–H and O–H groups in total. The van der Waals surface area contributed by atoms with Crippen LogP contribution in [0.15, 0.2) is 24.3 Å². The molecule has 0 aromatic carbocycles. The third-order valence-corrected chi connectivity index (χ3v) is 3.07. The lowest BCUT2D eigenvalue weighted by atomic mass is 9.74. The van der Waals surface area contributed by atoms with Gasteiger partial charge in [0.2, 0.25) is 0 Å². The van der Waals surface area contributed by atoms with Gasteiger partial charge in [-0.2, -0.15) is 0 Å². The third kappa shape index (κ3) is 2.83. The molecule has 1 rings (SSSR count). The number of hydrogen-bond donors (Lipinski definition) is 0. The Morgan fingerprint density at radius 1 is 1.71 bits per heavy atom. The maximum absolute atomic E-state index is 11.2. The van der Waals surface area contributed by atoms with Crippen molar-refractivity contribution >= 4 is 5.78 Å². The molecule has 1 heteroatoms. The van der Waals surface area contributed by atoms with E-state index in [1.807, 2.05) is 0 Å². The molecule has 0 spiro atoms. The Morgan fingerprint density at radius 2 is 2.36 bits per heavy atom. The molecule has 0 heterocycles. The minimum absolute atomic E-state index is 0.169. The molecule has 0 aliphatic heterocycles. The molecule has 1 unspecified atom stereocenters. The fourth-order valence-electron chi connectivity index (χ4n) is 2.17. The summed E-state index contributed by atoms with van der Waals surface area (Å²) >= 11 is 0. The molecular weight excluding hydrogens is 172 g/mol. The second-order valence-corrected chi connectivity index (χ2v) is 4.99. The summed E-state index contributed by atoms with van der Waals surface area (Å²) < 4.78 is 0. The van der Waals surface area contributed by atoms with E-state index in [1.165, 1.54) is 18.1 Å². The summed E-state index contributed by atoms with van der Waals surface area (Å²) in [5.41, 5.74) is 1.69. The summed E-state index contributed by atoms with van der Waals surface area (Å²) in [6.45, 7) is 10.2. The number of carbonyl (C=O) groups is 1. The van der Waals surface area contributed by atoms with Gasteiger partial charge in [-0.15, -0.1) is 0 Å². The van der Waals surface area contributed by atoms with Gasteiger partial charge in [-0.3, -0.25) is 4.79 Å². The van der Waals surface area contributed by atoms with Gasteiger partial charge in [-0.1, -0.05) is 32.1 Å². The molecule has 0 radical (unpaired) electrons. The second kappa shape index (κ2) is 4.12. The zero-order chi connectivity index (χ0) is 10.8. The van der Waals surface area contributed by atoms with E-state index in [-0.39, 0.29) is 5.78 Å².